The number of hydrogen-bond donors (Lipinski definition) is 1. The van der Waals surface area contributed by atoms with Crippen molar-refractivity contribution in [1.29, 1.82) is 0 Å². The number of hydrogen-bond acceptors (Lipinski definition) is 2. The molecular formula is C10H20N2. The Labute approximate surface area is 75.1 Å². The summed E-state index contributed by atoms with van der Waals surface area (Å²) in [4.78, 5) is 2.50. The van der Waals surface area contributed by atoms with Crippen LogP contribution in [-0.4, -0.2) is 30.1 Å². The van der Waals surface area contributed by atoms with Gasteiger partial charge in [0.1, 0.15) is 0 Å². The lowest BCUT2D eigenvalue weighted by Crippen LogP contribution is -2.40. The van der Waals surface area contributed by atoms with E-state index >= 15 is 0 Å². The Kier molecular flexibility index (Phi) is 2.13. The highest BCUT2D eigenvalue weighted by atomic mass is 15.1. The van der Waals surface area contributed by atoms with Gasteiger partial charge in [0.2, 0.25) is 0 Å². The third kappa shape index (κ3) is 1.80. The maximum atomic E-state index is 6.03. The first kappa shape index (κ1) is 8.52. The first-order valence-electron chi connectivity index (χ1n) is 5.19. The third-order valence-electron chi connectivity index (χ3n) is 3.55. The zero-order valence-electron chi connectivity index (χ0n) is 8.05. The second-order valence-corrected chi connectivity index (χ2v) is 4.68. The Morgan fingerprint density at radius 1 is 1.42 bits per heavy atom. The van der Waals surface area contributed by atoms with Gasteiger partial charge in [-0.15, -0.1) is 0 Å². The molecule has 2 nitrogen and oxygen atoms in total. The lowest BCUT2D eigenvalue weighted by molar-refractivity contribution is 0.154. The van der Waals surface area contributed by atoms with Crippen LogP contribution in [0.2, 0.25) is 0 Å². The van der Waals surface area contributed by atoms with Crippen LogP contribution in [0.3, 0.4) is 0 Å². The summed E-state index contributed by atoms with van der Waals surface area (Å²) in [5, 5.41) is 0. The summed E-state index contributed by atoms with van der Waals surface area (Å²) in [6, 6.07) is 0.882. The fraction of sp³-hybridized carbons (Fsp3) is 1.00. The van der Waals surface area contributed by atoms with E-state index in [9.17, 15) is 0 Å². The van der Waals surface area contributed by atoms with Gasteiger partial charge in [-0.3, -0.25) is 0 Å². The van der Waals surface area contributed by atoms with Crippen molar-refractivity contribution in [2.45, 2.75) is 50.1 Å². The Balaban J connectivity index is 1.64. The van der Waals surface area contributed by atoms with Gasteiger partial charge in [-0.2, -0.15) is 0 Å². The SMILES string of the molecule is CN(CCC1(N)CC1)C1CCC1. The zero-order valence-corrected chi connectivity index (χ0v) is 8.05. The normalized spacial score (nSPS) is 27.2. The van der Waals surface area contributed by atoms with Crippen LogP contribution in [0.1, 0.15) is 38.5 Å². The third-order valence-corrected chi connectivity index (χ3v) is 3.55. The van der Waals surface area contributed by atoms with Crippen LogP contribution in [0, 0.1) is 0 Å². The lowest BCUT2D eigenvalue weighted by atomic mass is 9.91. The van der Waals surface area contributed by atoms with Crippen molar-refractivity contribution in [3.63, 3.8) is 0 Å². The van der Waals surface area contributed by atoms with Crippen molar-refractivity contribution < 1.29 is 0 Å². The molecule has 0 amide bonds. The van der Waals surface area contributed by atoms with Crippen molar-refractivity contribution in [3.8, 4) is 0 Å². The quantitative estimate of drug-likeness (QED) is 0.686. The minimum atomic E-state index is 0.248. The molecule has 0 unspecified atom stereocenters. The summed E-state index contributed by atoms with van der Waals surface area (Å²) in [5.74, 6) is 0. The van der Waals surface area contributed by atoms with Gasteiger partial charge in [-0.1, -0.05) is 6.42 Å². The van der Waals surface area contributed by atoms with Gasteiger partial charge >= 0.3 is 0 Å². The van der Waals surface area contributed by atoms with Crippen molar-refractivity contribution >= 4 is 0 Å². The van der Waals surface area contributed by atoms with Gasteiger partial charge in [0, 0.05) is 11.6 Å². The van der Waals surface area contributed by atoms with Gasteiger partial charge in [0.05, 0.1) is 0 Å². The van der Waals surface area contributed by atoms with Gasteiger partial charge in [0.15, 0.2) is 0 Å². The van der Waals surface area contributed by atoms with Crippen molar-refractivity contribution in [1.82, 2.24) is 4.90 Å². The number of rotatable bonds is 4. The standard InChI is InChI=1S/C10H20N2/c1-12(9-3-2-4-9)8-7-10(11)5-6-10/h9H,2-8,11H2,1H3. The predicted molar refractivity (Wildman–Crippen MR) is 51.0 cm³/mol. The molecule has 0 aromatic rings. The molecule has 0 heterocycles. The zero-order chi connectivity index (χ0) is 8.60. The summed E-state index contributed by atoms with van der Waals surface area (Å²) in [6.07, 6.45) is 7.97. The molecule has 2 saturated carbocycles. The van der Waals surface area contributed by atoms with Crippen LogP contribution in [0.5, 0.6) is 0 Å². The predicted octanol–water partition coefficient (Wildman–Crippen LogP) is 1.35. The molecule has 0 atom stereocenters. The molecule has 0 saturated heterocycles. The maximum absolute atomic E-state index is 6.03. The summed E-state index contributed by atoms with van der Waals surface area (Å²) < 4.78 is 0. The molecule has 2 aliphatic carbocycles. The topological polar surface area (TPSA) is 29.3 Å². The molecule has 0 aliphatic heterocycles. The molecule has 0 bridgehead atoms. The van der Waals surface area contributed by atoms with E-state index in [0.717, 1.165) is 6.04 Å². The molecule has 0 spiro atoms. The van der Waals surface area contributed by atoms with E-state index in [1.807, 2.05) is 0 Å². The second kappa shape index (κ2) is 3.00. The molecule has 2 fully saturated rings. The lowest BCUT2D eigenvalue weighted by Gasteiger charge is -2.35. The largest absolute Gasteiger partial charge is 0.325 e. The van der Waals surface area contributed by atoms with Crippen LogP contribution in [0.4, 0.5) is 0 Å². The molecule has 2 N–H and O–H groups in total. The van der Waals surface area contributed by atoms with E-state index in [-0.39, 0.29) is 5.54 Å². The first-order valence-corrected chi connectivity index (χ1v) is 5.19. The van der Waals surface area contributed by atoms with Crippen molar-refractivity contribution in [3.05, 3.63) is 0 Å². The van der Waals surface area contributed by atoms with Crippen LogP contribution in [0.15, 0.2) is 0 Å². The highest BCUT2D eigenvalue weighted by molar-refractivity contribution is 4.99. The summed E-state index contributed by atoms with van der Waals surface area (Å²) >= 11 is 0. The number of nitrogens with zero attached hydrogens (tertiary/aromatic N) is 1. The second-order valence-electron chi connectivity index (χ2n) is 4.68. The fourth-order valence-electron chi connectivity index (χ4n) is 1.82. The molecule has 0 aromatic heterocycles. The number of nitrogens with two attached hydrogens (primary N) is 1. The monoisotopic (exact) mass is 168 g/mol. The minimum Gasteiger partial charge on any atom is -0.325 e. The van der Waals surface area contributed by atoms with Gasteiger partial charge in [-0.25, -0.2) is 0 Å². The molecule has 2 aliphatic rings. The summed E-state index contributed by atoms with van der Waals surface area (Å²) in [5.41, 5.74) is 6.28. The van der Waals surface area contributed by atoms with E-state index < -0.39 is 0 Å². The Hall–Kier alpha value is -0.0800. The molecule has 0 radical (unpaired) electrons. The van der Waals surface area contributed by atoms with Crippen molar-refractivity contribution in [2.75, 3.05) is 13.6 Å². The summed E-state index contributed by atoms with van der Waals surface area (Å²) in [7, 11) is 2.25. The fourth-order valence-corrected chi connectivity index (χ4v) is 1.82. The van der Waals surface area contributed by atoms with Crippen LogP contribution in [-0.2, 0) is 0 Å². The average Bonchev–Trinajstić information content (AvgIpc) is 2.62. The molecule has 0 aromatic carbocycles. The highest BCUT2D eigenvalue weighted by Crippen LogP contribution is 2.36. The molecule has 2 heteroatoms. The average molecular weight is 168 g/mol. The maximum Gasteiger partial charge on any atom is 0.0167 e. The van der Waals surface area contributed by atoms with Crippen LogP contribution in [0.25, 0.3) is 0 Å². The molecular weight excluding hydrogens is 148 g/mol. The Morgan fingerprint density at radius 2 is 2.08 bits per heavy atom. The smallest absolute Gasteiger partial charge is 0.0167 e. The minimum absolute atomic E-state index is 0.248. The highest BCUT2D eigenvalue weighted by Gasteiger charge is 2.38. The van der Waals surface area contributed by atoms with E-state index in [4.69, 9.17) is 5.73 Å². The van der Waals surface area contributed by atoms with Gasteiger partial charge in [0.25, 0.3) is 0 Å². The molecule has 70 valence electrons. The van der Waals surface area contributed by atoms with Gasteiger partial charge in [-0.05, 0) is 45.7 Å². The van der Waals surface area contributed by atoms with E-state index in [1.54, 1.807) is 0 Å². The Morgan fingerprint density at radius 3 is 2.50 bits per heavy atom. The van der Waals surface area contributed by atoms with E-state index in [0.29, 0.717) is 0 Å². The van der Waals surface area contributed by atoms with E-state index in [1.165, 1.54) is 45.1 Å². The molecule has 12 heavy (non-hydrogen) atoms. The first-order chi connectivity index (χ1) is 5.70. The Bertz CT molecular complexity index is 159. The van der Waals surface area contributed by atoms with Crippen molar-refractivity contribution in [2.24, 2.45) is 5.73 Å². The van der Waals surface area contributed by atoms with E-state index in [2.05, 4.69) is 11.9 Å². The van der Waals surface area contributed by atoms with Gasteiger partial charge < -0.3 is 10.6 Å². The van der Waals surface area contributed by atoms with Crippen LogP contribution >= 0.6 is 0 Å². The summed E-state index contributed by atoms with van der Waals surface area (Å²) in [6.45, 7) is 1.21. The van der Waals surface area contributed by atoms with Crippen LogP contribution < -0.4 is 5.73 Å². The molecule has 2 rings (SSSR count).